The number of oxazole rings is 1. The Morgan fingerprint density at radius 3 is 2.47 bits per heavy atom. The molecule has 0 atom stereocenters. The molecule has 0 spiro atoms. The van der Waals surface area contributed by atoms with Gasteiger partial charge in [0.05, 0.1) is 57.2 Å². The topological polar surface area (TPSA) is 109 Å². The second kappa shape index (κ2) is 10.6. The smallest absolute Gasteiger partial charge is 0.302 e. The van der Waals surface area contributed by atoms with Crippen LogP contribution in [0.15, 0.2) is 53.1 Å². The summed E-state index contributed by atoms with van der Waals surface area (Å²) in [5.41, 5.74) is 2.14. The summed E-state index contributed by atoms with van der Waals surface area (Å²) < 4.78 is 6.60. The molecule has 0 saturated carbocycles. The van der Waals surface area contributed by atoms with Gasteiger partial charge in [-0.15, -0.1) is 0 Å². The number of benzene rings is 2. The Labute approximate surface area is 230 Å². The standard InChI is InChI=1S/C26H26Cl2N8O2/c1-16-5-4-6-19(28)21(16)30-23(37)20-15-29-26(38-20)34-24-31-22(17-7-9-18(27)10-8-17)32-25(33-24)35-11-13-36(2,3)14-12-35/h4-10,15H,11-14H2,1-3H3,(H-,29,30,31,32,33,34,37)/p+1. The Balaban J connectivity index is 1.40. The molecular weight excluding hydrogens is 527 g/mol. The van der Waals surface area contributed by atoms with Gasteiger partial charge in [-0.05, 0) is 42.8 Å². The summed E-state index contributed by atoms with van der Waals surface area (Å²) in [6.07, 6.45) is 1.33. The predicted octanol–water partition coefficient (Wildman–Crippen LogP) is 5.03. The number of rotatable bonds is 6. The average molecular weight is 554 g/mol. The van der Waals surface area contributed by atoms with Crippen molar-refractivity contribution in [2.24, 2.45) is 0 Å². The predicted molar refractivity (Wildman–Crippen MR) is 148 cm³/mol. The molecule has 12 heteroatoms. The van der Waals surface area contributed by atoms with Crippen LogP contribution in [0.4, 0.5) is 23.6 Å². The number of nitrogens with one attached hydrogen (secondary N) is 2. The van der Waals surface area contributed by atoms with Crippen molar-refractivity contribution in [3.63, 3.8) is 0 Å². The van der Waals surface area contributed by atoms with E-state index in [1.807, 2.05) is 31.2 Å². The van der Waals surface area contributed by atoms with E-state index in [0.717, 1.165) is 41.8 Å². The maximum absolute atomic E-state index is 12.8. The zero-order valence-corrected chi connectivity index (χ0v) is 22.7. The SMILES string of the molecule is Cc1cccc(Cl)c1NC(=O)c1cnc(Nc2nc(-c3ccc(Cl)cc3)nc(N3CC[N+](C)(C)CC3)n2)o1. The molecule has 1 fully saturated rings. The number of nitrogens with zero attached hydrogens (tertiary/aromatic N) is 6. The van der Waals surface area contributed by atoms with E-state index in [0.29, 0.717) is 27.5 Å². The quantitative estimate of drug-likeness (QED) is 0.320. The highest BCUT2D eigenvalue weighted by atomic mass is 35.5. The van der Waals surface area contributed by atoms with Crippen LogP contribution in [-0.2, 0) is 0 Å². The molecule has 3 heterocycles. The van der Waals surface area contributed by atoms with Crippen LogP contribution in [0, 0.1) is 6.92 Å². The average Bonchev–Trinajstić information content (AvgIpc) is 3.35. The number of carbonyl (C=O) groups is 1. The first-order valence-electron chi connectivity index (χ1n) is 12.1. The van der Waals surface area contributed by atoms with Crippen molar-refractivity contribution in [1.82, 2.24) is 19.9 Å². The number of amides is 1. The normalized spacial score (nSPS) is 14.8. The highest BCUT2D eigenvalue weighted by molar-refractivity contribution is 6.34. The van der Waals surface area contributed by atoms with Crippen molar-refractivity contribution in [1.29, 1.82) is 0 Å². The van der Waals surface area contributed by atoms with E-state index in [1.165, 1.54) is 6.20 Å². The van der Waals surface area contributed by atoms with Crippen LogP contribution in [0.25, 0.3) is 11.4 Å². The van der Waals surface area contributed by atoms with Crippen LogP contribution in [0.1, 0.15) is 16.1 Å². The van der Waals surface area contributed by atoms with Crippen molar-refractivity contribution < 1.29 is 13.7 Å². The molecule has 1 saturated heterocycles. The molecule has 0 unspecified atom stereocenters. The number of anilines is 4. The monoisotopic (exact) mass is 553 g/mol. The van der Waals surface area contributed by atoms with E-state index in [1.54, 1.807) is 18.2 Å². The number of halogens is 2. The molecule has 10 nitrogen and oxygen atoms in total. The zero-order chi connectivity index (χ0) is 26.9. The lowest BCUT2D eigenvalue weighted by Gasteiger charge is -2.39. The number of aryl methyl sites for hydroxylation is 1. The maximum atomic E-state index is 12.8. The van der Waals surface area contributed by atoms with E-state index in [-0.39, 0.29) is 17.7 Å². The van der Waals surface area contributed by atoms with Gasteiger partial charge in [0, 0.05) is 10.6 Å². The second-order valence-corrected chi connectivity index (χ2v) is 10.5. The van der Waals surface area contributed by atoms with Gasteiger partial charge in [-0.25, -0.2) is 4.98 Å². The van der Waals surface area contributed by atoms with Gasteiger partial charge in [0.25, 0.3) is 5.91 Å². The van der Waals surface area contributed by atoms with Crippen molar-refractivity contribution in [3.8, 4) is 11.4 Å². The number of hydrogen-bond donors (Lipinski definition) is 2. The molecule has 38 heavy (non-hydrogen) atoms. The van der Waals surface area contributed by atoms with Gasteiger partial charge in [-0.3, -0.25) is 10.1 Å². The third-order valence-corrected chi connectivity index (χ3v) is 6.93. The minimum absolute atomic E-state index is 0.00931. The van der Waals surface area contributed by atoms with Crippen LogP contribution < -0.4 is 15.5 Å². The summed E-state index contributed by atoms with van der Waals surface area (Å²) in [5, 5.41) is 6.81. The molecule has 1 aliphatic rings. The summed E-state index contributed by atoms with van der Waals surface area (Å²) in [7, 11) is 4.42. The fourth-order valence-corrected chi connectivity index (χ4v) is 4.39. The van der Waals surface area contributed by atoms with E-state index < -0.39 is 5.91 Å². The molecule has 5 rings (SSSR count). The molecule has 0 radical (unpaired) electrons. The molecule has 1 amide bonds. The summed E-state index contributed by atoms with van der Waals surface area (Å²) in [4.78, 5) is 33.0. The largest absolute Gasteiger partial charge is 0.418 e. The molecule has 4 aromatic rings. The van der Waals surface area contributed by atoms with Crippen molar-refractivity contribution in [2.75, 3.05) is 55.8 Å². The van der Waals surface area contributed by atoms with E-state index >= 15 is 0 Å². The second-order valence-electron chi connectivity index (χ2n) is 9.70. The Bertz CT molecular complexity index is 1440. The van der Waals surface area contributed by atoms with Gasteiger partial charge < -0.3 is 19.1 Å². The molecule has 2 aromatic carbocycles. The first-order chi connectivity index (χ1) is 18.2. The number of likely N-dealkylation sites (N-methyl/N-ethyl adjacent to an activating group) is 1. The first-order valence-corrected chi connectivity index (χ1v) is 12.8. The highest BCUT2D eigenvalue weighted by Crippen LogP contribution is 2.27. The van der Waals surface area contributed by atoms with Gasteiger partial charge >= 0.3 is 6.01 Å². The first kappa shape index (κ1) is 25.9. The summed E-state index contributed by atoms with van der Waals surface area (Å²) in [6.45, 7) is 5.40. The summed E-state index contributed by atoms with van der Waals surface area (Å²) in [6, 6.07) is 12.7. The molecule has 2 aromatic heterocycles. The summed E-state index contributed by atoms with van der Waals surface area (Å²) in [5.74, 6) is 0.803. The highest BCUT2D eigenvalue weighted by Gasteiger charge is 2.27. The van der Waals surface area contributed by atoms with Crippen LogP contribution in [-0.4, -0.2) is 70.6 Å². The van der Waals surface area contributed by atoms with Gasteiger partial charge in [-0.1, -0.05) is 35.3 Å². The van der Waals surface area contributed by atoms with Crippen molar-refractivity contribution in [3.05, 3.63) is 70.0 Å². The number of aromatic nitrogens is 4. The fraction of sp³-hybridized carbons (Fsp3) is 0.269. The van der Waals surface area contributed by atoms with E-state index in [2.05, 4.69) is 44.6 Å². The fourth-order valence-electron chi connectivity index (χ4n) is 3.99. The Morgan fingerprint density at radius 1 is 1.03 bits per heavy atom. The third kappa shape index (κ3) is 5.88. The molecule has 196 valence electrons. The van der Waals surface area contributed by atoms with E-state index in [9.17, 15) is 4.79 Å². The number of carbonyl (C=O) groups excluding carboxylic acids is 1. The Kier molecular flexibility index (Phi) is 7.20. The number of hydrogen-bond acceptors (Lipinski definition) is 8. The molecule has 2 N–H and O–H groups in total. The number of quaternary nitrogens is 1. The van der Waals surface area contributed by atoms with Crippen molar-refractivity contribution in [2.45, 2.75) is 6.92 Å². The molecule has 0 bridgehead atoms. The minimum atomic E-state index is -0.478. The van der Waals surface area contributed by atoms with Crippen LogP contribution in [0.2, 0.25) is 10.0 Å². The molecular formula is C26H27Cl2N8O2+. The van der Waals surface area contributed by atoms with Gasteiger partial charge in [-0.2, -0.15) is 15.0 Å². The molecule has 0 aliphatic carbocycles. The lowest BCUT2D eigenvalue weighted by atomic mass is 10.2. The van der Waals surface area contributed by atoms with E-state index in [4.69, 9.17) is 32.6 Å². The lowest BCUT2D eigenvalue weighted by Crippen LogP contribution is -2.55. The number of para-hydroxylation sites is 1. The van der Waals surface area contributed by atoms with Gasteiger partial charge in [0.1, 0.15) is 0 Å². The van der Waals surface area contributed by atoms with Gasteiger partial charge in [0.15, 0.2) is 5.82 Å². The minimum Gasteiger partial charge on any atom is -0.418 e. The maximum Gasteiger partial charge on any atom is 0.302 e. The zero-order valence-electron chi connectivity index (χ0n) is 21.2. The van der Waals surface area contributed by atoms with Crippen LogP contribution >= 0.6 is 23.2 Å². The Hall–Kier alpha value is -3.73. The molecule has 1 aliphatic heterocycles. The van der Waals surface area contributed by atoms with Crippen molar-refractivity contribution >= 4 is 52.7 Å². The van der Waals surface area contributed by atoms with Gasteiger partial charge in [0.2, 0.25) is 17.7 Å². The summed E-state index contributed by atoms with van der Waals surface area (Å²) >= 11 is 12.3. The third-order valence-electron chi connectivity index (χ3n) is 6.37. The number of piperazine rings is 1. The van der Waals surface area contributed by atoms with Crippen LogP contribution in [0.3, 0.4) is 0 Å². The lowest BCUT2D eigenvalue weighted by molar-refractivity contribution is -0.890. The Morgan fingerprint density at radius 2 is 1.76 bits per heavy atom. The van der Waals surface area contributed by atoms with Crippen LogP contribution in [0.5, 0.6) is 0 Å².